The van der Waals surface area contributed by atoms with Gasteiger partial charge in [0.2, 0.25) is 5.76 Å². The first-order valence-corrected chi connectivity index (χ1v) is 9.23. The van der Waals surface area contributed by atoms with Gasteiger partial charge in [0.25, 0.3) is 5.91 Å². The number of nitriles is 1. The van der Waals surface area contributed by atoms with E-state index < -0.39 is 24.0 Å². The van der Waals surface area contributed by atoms with E-state index >= 15 is 0 Å². The molecule has 28 heavy (non-hydrogen) atoms. The monoisotopic (exact) mass is 376 g/mol. The van der Waals surface area contributed by atoms with Crippen LogP contribution in [0.1, 0.15) is 35.9 Å². The second-order valence-electron chi connectivity index (χ2n) is 7.43. The molecular weight excluding hydrogens is 356 g/mol. The summed E-state index contributed by atoms with van der Waals surface area (Å²) >= 11 is 0. The number of benzene rings is 2. The van der Waals surface area contributed by atoms with Crippen molar-refractivity contribution in [2.45, 2.75) is 32.2 Å². The third kappa shape index (κ3) is 3.09. The molecule has 1 atom stereocenters. The highest BCUT2D eigenvalue weighted by atomic mass is 16.5. The summed E-state index contributed by atoms with van der Waals surface area (Å²) in [5.74, 6) is -0.950. The smallest absolute Gasteiger partial charge is 0.375 e. The lowest BCUT2D eigenvalue weighted by atomic mass is 9.98. The highest BCUT2D eigenvalue weighted by Crippen LogP contribution is 2.39. The summed E-state index contributed by atoms with van der Waals surface area (Å²) in [5.41, 5.74) is 0.376. The lowest BCUT2D eigenvalue weighted by Gasteiger charge is -2.22. The quantitative estimate of drug-likeness (QED) is 0.683. The molecule has 6 nitrogen and oxygen atoms in total. The number of fused-ring (bicyclic) bond motifs is 3. The van der Waals surface area contributed by atoms with Crippen LogP contribution in [0.15, 0.2) is 40.8 Å². The predicted octanol–water partition coefficient (Wildman–Crippen LogP) is 3.86. The molecule has 6 heteroatoms. The van der Waals surface area contributed by atoms with E-state index in [1.165, 1.54) is 0 Å². The molecule has 1 amide bonds. The first-order valence-electron chi connectivity index (χ1n) is 9.23. The van der Waals surface area contributed by atoms with Gasteiger partial charge in [0.1, 0.15) is 11.1 Å². The SMILES string of the molecule is Cc1c(C(=O)OCC(=O)N[C@@](C)(C#N)C2CC2)oc2c1ccc1ccccc12. The number of rotatable bonds is 5. The molecule has 4 rings (SSSR count). The number of carbonyl (C=O) groups is 2. The molecule has 142 valence electrons. The average Bonchev–Trinajstić information content (AvgIpc) is 3.50. The van der Waals surface area contributed by atoms with Crippen molar-refractivity contribution in [3.05, 3.63) is 47.7 Å². The van der Waals surface area contributed by atoms with Gasteiger partial charge in [-0.15, -0.1) is 0 Å². The van der Waals surface area contributed by atoms with Gasteiger partial charge in [-0.25, -0.2) is 4.79 Å². The summed E-state index contributed by atoms with van der Waals surface area (Å²) in [4.78, 5) is 24.6. The molecule has 0 radical (unpaired) electrons. The summed E-state index contributed by atoms with van der Waals surface area (Å²) in [6.45, 7) is 3.02. The third-order valence-corrected chi connectivity index (χ3v) is 5.37. The Hall–Kier alpha value is -3.33. The van der Waals surface area contributed by atoms with E-state index in [-0.39, 0.29) is 11.7 Å². The third-order valence-electron chi connectivity index (χ3n) is 5.37. The Bertz CT molecular complexity index is 1140. The minimum absolute atomic E-state index is 0.0874. The molecule has 1 saturated carbocycles. The molecule has 0 unspecified atom stereocenters. The van der Waals surface area contributed by atoms with E-state index in [2.05, 4.69) is 11.4 Å². The maximum atomic E-state index is 12.5. The Morgan fingerprint density at radius 3 is 2.71 bits per heavy atom. The fourth-order valence-electron chi connectivity index (χ4n) is 3.55. The second kappa shape index (κ2) is 6.68. The zero-order valence-electron chi connectivity index (χ0n) is 15.7. The number of ether oxygens (including phenoxy) is 1. The van der Waals surface area contributed by atoms with Crippen molar-refractivity contribution >= 4 is 33.6 Å². The maximum Gasteiger partial charge on any atom is 0.375 e. The minimum atomic E-state index is -0.919. The van der Waals surface area contributed by atoms with Crippen LogP contribution in [-0.2, 0) is 9.53 Å². The number of nitrogens with one attached hydrogen (secondary N) is 1. The average molecular weight is 376 g/mol. The predicted molar refractivity (Wildman–Crippen MR) is 104 cm³/mol. The Labute approximate surface area is 162 Å². The van der Waals surface area contributed by atoms with Crippen LogP contribution in [-0.4, -0.2) is 24.0 Å². The molecule has 1 aromatic heterocycles. The number of nitrogens with zero attached hydrogens (tertiary/aromatic N) is 1. The second-order valence-corrected chi connectivity index (χ2v) is 7.43. The lowest BCUT2D eigenvalue weighted by molar-refractivity contribution is -0.125. The van der Waals surface area contributed by atoms with Gasteiger partial charge in [0, 0.05) is 16.3 Å². The first kappa shape index (κ1) is 18.1. The van der Waals surface area contributed by atoms with Gasteiger partial charge in [-0.3, -0.25) is 4.79 Å². The number of carbonyl (C=O) groups excluding carboxylic acids is 2. The van der Waals surface area contributed by atoms with Gasteiger partial charge in [0.15, 0.2) is 6.61 Å². The Kier molecular flexibility index (Phi) is 4.31. The van der Waals surface area contributed by atoms with E-state index in [0.29, 0.717) is 11.1 Å². The molecule has 3 aromatic rings. The molecule has 1 fully saturated rings. The summed E-state index contributed by atoms with van der Waals surface area (Å²) < 4.78 is 11.0. The van der Waals surface area contributed by atoms with Crippen molar-refractivity contribution in [2.24, 2.45) is 5.92 Å². The topological polar surface area (TPSA) is 92.3 Å². The minimum Gasteiger partial charge on any atom is -0.450 e. The zero-order chi connectivity index (χ0) is 19.9. The van der Waals surface area contributed by atoms with Gasteiger partial charge in [0.05, 0.1) is 6.07 Å². The van der Waals surface area contributed by atoms with E-state index in [0.717, 1.165) is 29.0 Å². The van der Waals surface area contributed by atoms with Crippen LogP contribution in [0.4, 0.5) is 0 Å². The van der Waals surface area contributed by atoms with Crippen molar-refractivity contribution in [3.63, 3.8) is 0 Å². The van der Waals surface area contributed by atoms with Crippen molar-refractivity contribution in [2.75, 3.05) is 6.61 Å². The highest BCUT2D eigenvalue weighted by Gasteiger charge is 2.43. The van der Waals surface area contributed by atoms with Gasteiger partial charge < -0.3 is 14.5 Å². The van der Waals surface area contributed by atoms with E-state index in [1.54, 1.807) is 13.8 Å². The fraction of sp³-hybridized carbons (Fsp3) is 0.318. The van der Waals surface area contributed by atoms with Crippen LogP contribution in [0.2, 0.25) is 0 Å². The summed E-state index contributed by atoms with van der Waals surface area (Å²) in [5, 5.41) is 14.7. The normalized spacial score (nSPS) is 15.8. The molecule has 1 N–H and O–H groups in total. The van der Waals surface area contributed by atoms with Crippen LogP contribution < -0.4 is 5.32 Å². The van der Waals surface area contributed by atoms with Crippen LogP contribution in [0.25, 0.3) is 21.7 Å². The van der Waals surface area contributed by atoms with Gasteiger partial charge in [-0.05, 0) is 38.0 Å². The van der Waals surface area contributed by atoms with Gasteiger partial charge in [-0.1, -0.05) is 36.4 Å². The number of furan rings is 1. The molecule has 1 heterocycles. The van der Waals surface area contributed by atoms with Crippen LogP contribution in [0, 0.1) is 24.2 Å². The molecule has 0 saturated heterocycles. The van der Waals surface area contributed by atoms with Gasteiger partial charge in [-0.2, -0.15) is 5.26 Å². The summed E-state index contributed by atoms with van der Waals surface area (Å²) in [6, 6.07) is 13.8. The zero-order valence-corrected chi connectivity index (χ0v) is 15.7. The summed E-state index contributed by atoms with van der Waals surface area (Å²) in [7, 11) is 0. The number of hydrogen-bond acceptors (Lipinski definition) is 5. The Morgan fingerprint density at radius 2 is 2.00 bits per heavy atom. The number of aryl methyl sites for hydroxylation is 1. The first-order chi connectivity index (χ1) is 13.4. The highest BCUT2D eigenvalue weighted by molar-refractivity contribution is 6.08. The molecule has 2 aromatic carbocycles. The summed E-state index contributed by atoms with van der Waals surface area (Å²) in [6.07, 6.45) is 1.83. The number of amides is 1. The molecule has 1 aliphatic rings. The van der Waals surface area contributed by atoms with Gasteiger partial charge >= 0.3 is 5.97 Å². The van der Waals surface area contributed by atoms with Crippen molar-refractivity contribution < 1.29 is 18.7 Å². The van der Waals surface area contributed by atoms with Crippen molar-refractivity contribution in [1.82, 2.24) is 5.32 Å². The largest absolute Gasteiger partial charge is 0.450 e. The van der Waals surface area contributed by atoms with Crippen LogP contribution >= 0.6 is 0 Å². The number of hydrogen-bond donors (Lipinski definition) is 1. The Morgan fingerprint density at radius 1 is 1.25 bits per heavy atom. The molecule has 0 bridgehead atoms. The maximum absolute atomic E-state index is 12.5. The van der Waals surface area contributed by atoms with Crippen LogP contribution in [0.5, 0.6) is 0 Å². The molecule has 0 aliphatic heterocycles. The Balaban J connectivity index is 1.51. The lowest BCUT2D eigenvalue weighted by Crippen LogP contribution is -2.48. The van der Waals surface area contributed by atoms with E-state index in [1.807, 2.05) is 36.4 Å². The molecule has 1 aliphatic carbocycles. The molecule has 0 spiro atoms. The van der Waals surface area contributed by atoms with E-state index in [9.17, 15) is 14.9 Å². The molecular formula is C22H20N2O4. The van der Waals surface area contributed by atoms with E-state index in [4.69, 9.17) is 9.15 Å². The number of esters is 1. The standard InChI is InChI=1S/C22H20N2O4/c1-13-16-10-7-14-5-3-4-6-17(14)20(16)28-19(13)21(26)27-11-18(25)24-22(2,12-23)15-8-9-15/h3-7,10,15H,8-9,11H2,1-2H3,(H,24,25)/t22-/m0/s1. The fourth-order valence-corrected chi connectivity index (χ4v) is 3.55. The van der Waals surface area contributed by atoms with Crippen molar-refractivity contribution in [1.29, 1.82) is 5.26 Å². The van der Waals surface area contributed by atoms with Crippen LogP contribution in [0.3, 0.4) is 0 Å². The van der Waals surface area contributed by atoms with Crippen molar-refractivity contribution in [3.8, 4) is 6.07 Å².